The zero-order valence-electron chi connectivity index (χ0n) is 16.1. The molecule has 2 aromatic rings. The van der Waals surface area contributed by atoms with Gasteiger partial charge < -0.3 is 5.32 Å². The van der Waals surface area contributed by atoms with Crippen LogP contribution in [0, 0.1) is 11.8 Å². The SMILES string of the molecule is C[C@H]1C[C@H](C)CN(S(=O)(=O)c2ccc(Cl)c(C(=O)NCc3ccccc3)c2)C1. The number of nitrogens with zero attached hydrogens (tertiary/aromatic N) is 1. The zero-order chi connectivity index (χ0) is 20.3. The minimum atomic E-state index is -3.67. The molecule has 28 heavy (non-hydrogen) atoms. The van der Waals surface area contributed by atoms with E-state index < -0.39 is 15.9 Å². The molecule has 1 heterocycles. The van der Waals surface area contributed by atoms with E-state index in [2.05, 4.69) is 19.2 Å². The van der Waals surface area contributed by atoms with E-state index in [0.29, 0.717) is 31.5 Å². The molecule has 0 bridgehead atoms. The molecule has 7 heteroatoms. The second-order valence-corrected chi connectivity index (χ2v) is 9.92. The van der Waals surface area contributed by atoms with Gasteiger partial charge in [-0.05, 0) is 42.0 Å². The fraction of sp³-hybridized carbons (Fsp3) is 0.381. The summed E-state index contributed by atoms with van der Waals surface area (Å²) in [4.78, 5) is 12.7. The summed E-state index contributed by atoms with van der Waals surface area (Å²) in [5.41, 5.74) is 1.11. The van der Waals surface area contributed by atoms with Crippen LogP contribution in [0.1, 0.15) is 36.2 Å². The van der Waals surface area contributed by atoms with Crippen molar-refractivity contribution in [1.29, 1.82) is 0 Å². The Bertz CT molecular complexity index is 937. The average molecular weight is 421 g/mol. The molecule has 1 saturated heterocycles. The smallest absolute Gasteiger partial charge is 0.253 e. The number of halogens is 1. The van der Waals surface area contributed by atoms with Gasteiger partial charge in [-0.3, -0.25) is 4.79 Å². The number of carbonyl (C=O) groups excluding carboxylic acids is 1. The van der Waals surface area contributed by atoms with Gasteiger partial charge in [0.15, 0.2) is 0 Å². The van der Waals surface area contributed by atoms with Crippen molar-refractivity contribution >= 4 is 27.5 Å². The molecule has 5 nitrogen and oxygen atoms in total. The highest BCUT2D eigenvalue weighted by molar-refractivity contribution is 7.89. The van der Waals surface area contributed by atoms with Crippen molar-refractivity contribution in [3.63, 3.8) is 0 Å². The van der Waals surface area contributed by atoms with Gasteiger partial charge in [0.1, 0.15) is 0 Å². The van der Waals surface area contributed by atoms with Crippen LogP contribution in [-0.4, -0.2) is 31.7 Å². The van der Waals surface area contributed by atoms with Gasteiger partial charge in [0.25, 0.3) is 5.91 Å². The lowest BCUT2D eigenvalue weighted by molar-refractivity contribution is 0.0951. The summed E-state index contributed by atoms with van der Waals surface area (Å²) < 4.78 is 27.7. The van der Waals surface area contributed by atoms with E-state index >= 15 is 0 Å². The minimum absolute atomic E-state index is 0.100. The van der Waals surface area contributed by atoms with E-state index in [0.717, 1.165) is 12.0 Å². The molecule has 0 aliphatic carbocycles. The van der Waals surface area contributed by atoms with Crippen LogP contribution in [0.15, 0.2) is 53.4 Å². The highest BCUT2D eigenvalue weighted by Gasteiger charge is 2.32. The Morgan fingerprint density at radius 2 is 1.75 bits per heavy atom. The van der Waals surface area contributed by atoms with Crippen molar-refractivity contribution in [2.75, 3.05) is 13.1 Å². The molecule has 0 aromatic heterocycles. The van der Waals surface area contributed by atoms with Crippen LogP contribution in [0.5, 0.6) is 0 Å². The van der Waals surface area contributed by atoms with E-state index in [1.165, 1.54) is 22.5 Å². The van der Waals surface area contributed by atoms with Gasteiger partial charge >= 0.3 is 0 Å². The molecule has 3 rings (SSSR count). The number of benzene rings is 2. The molecule has 0 unspecified atom stereocenters. The van der Waals surface area contributed by atoms with Crippen molar-refractivity contribution in [3.05, 3.63) is 64.7 Å². The Kier molecular flexibility index (Phi) is 6.43. The van der Waals surface area contributed by atoms with Crippen molar-refractivity contribution < 1.29 is 13.2 Å². The van der Waals surface area contributed by atoms with Crippen molar-refractivity contribution in [2.45, 2.75) is 31.7 Å². The van der Waals surface area contributed by atoms with Gasteiger partial charge in [-0.25, -0.2) is 8.42 Å². The number of rotatable bonds is 5. The number of amides is 1. The van der Waals surface area contributed by atoms with Gasteiger partial charge in [-0.1, -0.05) is 55.8 Å². The average Bonchev–Trinajstić information content (AvgIpc) is 2.66. The highest BCUT2D eigenvalue weighted by Crippen LogP contribution is 2.28. The first-order valence-corrected chi connectivity index (χ1v) is 11.2. The fourth-order valence-electron chi connectivity index (χ4n) is 3.66. The topological polar surface area (TPSA) is 66.5 Å². The van der Waals surface area contributed by atoms with Crippen molar-refractivity contribution in [3.8, 4) is 0 Å². The monoisotopic (exact) mass is 420 g/mol. The summed E-state index contributed by atoms with van der Waals surface area (Å²) in [7, 11) is -3.67. The molecule has 0 saturated carbocycles. The molecular weight excluding hydrogens is 396 g/mol. The number of nitrogens with one attached hydrogen (secondary N) is 1. The summed E-state index contributed by atoms with van der Waals surface area (Å²) in [6.07, 6.45) is 1.01. The molecule has 1 N–H and O–H groups in total. The number of carbonyl (C=O) groups is 1. The maximum absolute atomic E-state index is 13.1. The Balaban J connectivity index is 1.81. The maximum atomic E-state index is 13.1. The molecule has 2 aromatic carbocycles. The van der Waals surface area contributed by atoms with Crippen LogP contribution in [0.25, 0.3) is 0 Å². The first kappa shape index (κ1) is 20.8. The Hall–Kier alpha value is -1.89. The summed E-state index contributed by atoms with van der Waals surface area (Å²) in [5, 5.41) is 3.02. The van der Waals surface area contributed by atoms with Crippen LogP contribution >= 0.6 is 11.6 Å². The first-order valence-electron chi connectivity index (χ1n) is 9.39. The Morgan fingerprint density at radius 3 is 2.39 bits per heavy atom. The van der Waals surface area contributed by atoms with Crippen LogP contribution in [0.4, 0.5) is 0 Å². The fourth-order valence-corrected chi connectivity index (χ4v) is 5.57. The molecule has 1 aliphatic rings. The highest BCUT2D eigenvalue weighted by atomic mass is 35.5. The molecule has 1 amide bonds. The quantitative estimate of drug-likeness (QED) is 0.796. The minimum Gasteiger partial charge on any atom is -0.348 e. The third-order valence-electron chi connectivity index (χ3n) is 4.95. The van der Waals surface area contributed by atoms with Gasteiger partial charge in [-0.15, -0.1) is 0 Å². The van der Waals surface area contributed by atoms with E-state index in [9.17, 15) is 13.2 Å². The largest absolute Gasteiger partial charge is 0.348 e. The van der Waals surface area contributed by atoms with E-state index in [4.69, 9.17) is 11.6 Å². The third-order valence-corrected chi connectivity index (χ3v) is 7.11. The summed E-state index contributed by atoms with van der Waals surface area (Å²) in [5.74, 6) is 0.213. The lowest BCUT2D eigenvalue weighted by atomic mass is 9.94. The van der Waals surface area contributed by atoms with Gasteiger partial charge in [0, 0.05) is 19.6 Å². The molecule has 150 valence electrons. The number of hydrogen-bond donors (Lipinski definition) is 1. The Labute approximate surface area is 171 Å². The zero-order valence-corrected chi connectivity index (χ0v) is 17.6. The number of piperidine rings is 1. The van der Waals surface area contributed by atoms with Crippen molar-refractivity contribution in [1.82, 2.24) is 9.62 Å². The van der Waals surface area contributed by atoms with Crippen LogP contribution < -0.4 is 5.32 Å². The number of sulfonamides is 1. The molecular formula is C21H25ClN2O3S. The van der Waals surface area contributed by atoms with Crippen molar-refractivity contribution in [2.24, 2.45) is 11.8 Å². The molecule has 0 radical (unpaired) electrons. The molecule has 1 fully saturated rings. The summed E-state index contributed by atoms with van der Waals surface area (Å²) >= 11 is 6.19. The van der Waals surface area contributed by atoms with Crippen LogP contribution in [0.2, 0.25) is 5.02 Å². The van der Waals surface area contributed by atoms with E-state index in [1.54, 1.807) is 0 Å². The standard InChI is InChI=1S/C21H25ClN2O3S/c1-15-10-16(2)14-24(13-15)28(26,27)18-8-9-20(22)19(11-18)21(25)23-12-17-6-4-3-5-7-17/h3-9,11,15-16H,10,12-14H2,1-2H3,(H,23,25)/t15-,16-/m0/s1. The summed E-state index contributed by atoms with van der Waals surface area (Å²) in [6, 6.07) is 13.8. The van der Waals surface area contributed by atoms with Crippen LogP contribution in [-0.2, 0) is 16.6 Å². The number of hydrogen-bond acceptors (Lipinski definition) is 3. The Morgan fingerprint density at radius 1 is 1.11 bits per heavy atom. The third kappa shape index (κ3) is 4.74. The van der Waals surface area contributed by atoms with Gasteiger partial charge in [0.05, 0.1) is 15.5 Å². The first-order chi connectivity index (χ1) is 13.3. The normalized spacial score (nSPS) is 20.7. The lowest BCUT2D eigenvalue weighted by Crippen LogP contribution is -2.42. The predicted octanol–water partition coefficient (Wildman–Crippen LogP) is 3.94. The maximum Gasteiger partial charge on any atom is 0.253 e. The molecule has 2 atom stereocenters. The second kappa shape index (κ2) is 8.64. The van der Waals surface area contributed by atoms with Crippen LogP contribution in [0.3, 0.4) is 0 Å². The summed E-state index contributed by atoms with van der Waals surface area (Å²) in [6.45, 7) is 5.44. The van der Waals surface area contributed by atoms with E-state index in [1.807, 2.05) is 30.3 Å². The van der Waals surface area contributed by atoms with Gasteiger partial charge in [0.2, 0.25) is 10.0 Å². The predicted molar refractivity (Wildman–Crippen MR) is 111 cm³/mol. The lowest BCUT2D eigenvalue weighted by Gasteiger charge is -2.34. The second-order valence-electron chi connectivity index (χ2n) is 7.58. The molecule has 1 aliphatic heterocycles. The van der Waals surface area contributed by atoms with Gasteiger partial charge in [-0.2, -0.15) is 4.31 Å². The van der Waals surface area contributed by atoms with E-state index in [-0.39, 0.29) is 15.5 Å². The molecule has 0 spiro atoms.